The molecule has 0 amide bonds. The predicted octanol–water partition coefficient (Wildman–Crippen LogP) is 4.34. The van der Waals surface area contributed by atoms with E-state index >= 15 is 0 Å². The molecule has 162 valence electrons. The van der Waals surface area contributed by atoms with Crippen LogP contribution in [0.4, 0.5) is 0 Å². The number of aryl methyl sites for hydroxylation is 1. The molecule has 0 atom stereocenters. The van der Waals surface area contributed by atoms with Crippen LogP contribution in [0.25, 0.3) is 17.0 Å². The van der Waals surface area contributed by atoms with Crippen LogP contribution in [0.15, 0.2) is 79.4 Å². The molecule has 3 aromatic carbocycles. The van der Waals surface area contributed by atoms with Crippen LogP contribution in [-0.2, 0) is 19.5 Å². The van der Waals surface area contributed by atoms with Gasteiger partial charge in [0, 0.05) is 29.6 Å². The summed E-state index contributed by atoms with van der Waals surface area (Å²) in [5.74, 6) is -1.15. The molecule has 0 bridgehead atoms. The second kappa shape index (κ2) is 9.67. The molecule has 0 aliphatic rings. The van der Waals surface area contributed by atoms with E-state index in [1.165, 1.54) is 5.56 Å². The Morgan fingerprint density at radius 1 is 1.03 bits per heavy atom. The quantitative estimate of drug-likeness (QED) is 0.408. The van der Waals surface area contributed by atoms with E-state index in [1.807, 2.05) is 72.2 Å². The minimum Gasteiger partial charge on any atom is -0.543 e. The van der Waals surface area contributed by atoms with E-state index in [1.54, 1.807) is 6.08 Å². The van der Waals surface area contributed by atoms with Crippen molar-refractivity contribution in [3.63, 3.8) is 0 Å². The zero-order valence-corrected chi connectivity index (χ0v) is 18.3. The number of aromatic carboxylic acids is 1. The van der Waals surface area contributed by atoms with E-state index in [9.17, 15) is 9.90 Å². The van der Waals surface area contributed by atoms with Gasteiger partial charge in [0.2, 0.25) is 0 Å². The third-order valence-electron chi connectivity index (χ3n) is 5.81. The van der Waals surface area contributed by atoms with Crippen molar-refractivity contribution in [2.24, 2.45) is 0 Å². The number of rotatable bonds is 9. The Kier molecular flexibility index (Phi) is 6.52. The van der Waals surface area contributed by atoms with Gasteiger partial charge in [0.15, 0.2) is 0 Å². The van der Waals surface area contributed by atoms with Crippen molar-refractivity contribution in [3.8, 4) is 0 Å². The highest BCUT2D eigenvalue weighted by atomic mass is 16.4. The van der Waals surface area contributed by atoms with Crippen molar-refractivity contribution in [3.05, 3.63) is 113 Å². The summed E-state index contributed by atoms with van der Waals surface area (Å²) in [6.45, 7) is 7.51. The van der Waals surface area contributed by atoms with Crippen LogP contribution in [0.2, 0.25) is 0 Å². The molecular weight excluding hydrogens is 396 g/mol. The minimum atomic E-state index is -1.15. The van der Waals surface area contributed by atoms with Crippen LogP contribution in [-0.4, -0.2) is 17.1 Å². The lowest BCUT2D eigenvalue weighted by Gasteiger charge is -2.14. The summed E-state index contributed by atoms with van der Waals surface area (Å²) >= 11 is 0. The van der Waals surface area contributed by atoms with Gasteiger partial charge in [0.05, 0.1) is 11.7 Å². The number of carboxylic acids is 1. The van der Waals surface area contributed by atoms with Crippen LogP contribution in [0.1, 0.15) is 38.3 Å². The first-order chi connectivity index (χ1) is 15.6. The van der Waals surface area contributed by atoms with Gasteiger partial charge in [0.1, 0.15) is 0 Å². The van der Waals surface area contributed by atoms with E-state index in [-0.39, 0.29) is 5.69 Å². The molecule has 0 saturated carbocycles. The van der Waals surface area contributed by atoms with E-state index in [4.69, 9.17) is 0 Å². The van der Waals surface area contributed by atoms with Gasteiger partial charge in [-0.25, -0.2) is 0 Å². The summed E-state index contributed by atoms with van der Waals surface area (Å²) in [6.07, 6.45) is 2.68. The number of aromatic nitrogens is 1. The van der Waals surface area contributed by atoms with Crippen molar-refractivity contribution in [2.45, 2.75) is 26.4 Å². The maximum absolute atomic E-state index is 12.3. The lowest BCUT2D eigenvalue weighted by Crippen LogP contribution is -2.28. The molecular formula is C28H27N2O2-. The Balaban J connectivity index is 1.65. The van der Waals surface area contributed by atoms with Crippen LogP contribution < -0.4 is 10.4 Å². The smallest absolute Gasteiger partial charge is 0.0884 e. The first kappa shape index (κ1) is 21.6. The molecule has 0 fully saturated rings. The second-order valence-electron chi connectivity index (χ2n) is 8.08. The van der Waals surface area contributed by atoms with Gasteiger partial charge in [-0.05, 0) is 48.2 Å². The molecule has 4 aromatic rings. The van der Waals surface area contributed by atoms with Crippen LogP contribution >= 0.6 is 0 Å². The van der Waals surface area contributed by atoms with Gasteiger partial charge in [-0.3, -0.25) is 0 Å². The number of nitrogens with one attached hydrogen (secondary N) is 1. The zero-order chi connectivity index (χ0) is 22.5. The third kappa shape index (κ3) is 4.66. The zero-order valence-electron chi connectivity index (χ0n) is 18.3. The molecule has 4 heteroatoms. The first-order valence-corrected chi connectivity index (χ1v) is 10.9. The van der Waals surface area contributed by atoms with Gasteiger partial charge in [-0.1, -0.05) is 79.4 Å². The lowest BCUT2D eigenvalue weighted by molar-refractivity contribution is -0.255. The van der Waals surface area contributed by atoms with Crippen molar-refractivity contribution >= 4 is 22.9 Å². The predicted molar refractivity (Wildman–Crippen MR) is 128 cm³/mol. The molecule has 4 nitrogen and oxygen atoms in total. The Morgan fingerprint density at radius 2 is 1.78 bits per heavy atom. The molecule has 4 rings (SSSR count). The molecule has 1 N–H and O–H groups in total. The van der Waals surface area contributed by atoms with Crippen LogP contribution in [0, 0.1) is 6.92 Å². The van der Waals surface area contributed by atoms with Gasteiger partial charge < -0.3 is 19.8 Å². The number of nitrogens with zero attached hydrogens (tertiary/aromatic N) is 1. The second-order valence-corrected chi connectivity index (χ2v) is 8.08. The van der Waals surface area contributed by atoms with Crippen LogP contribution in [0.5, 0.6) is 0 Å². The summed E-state index contributed by atoms with van der Waals surface area (Å²) in [4.78, 5) is 12.3. The average Bonchev–Trinajstić information content (AvgIpc) is 3.10. The molecule has 1 heterocycles. The Labute approximate surface area is 188 Å². The summed E-state index contributed by atoms with van der Waals surface area (Å²) in [7, 11) is 0. The highest BCUT2D eigenvalue weighted by Gasteiger charge is 2.18. The van der Waals surface area contributed by atoms with Gasteiger partial charge in [-0.15, -0.1) is 0 Å². The summed E-state index contributed by atoms with van der Waals surface area (Å²) in [6, 6.07) is 24.3. The fourth-order valence-corrected chi connectivity index (χ4v) is 4.14. The Morgan fingerprint density at radius 3 is 2.47 bits per heavy atom. The average molecular weight is 424 g/mol. The van der Waals surface area contributed by atoms with E-state index < -0.39 is 5.97 Å². The maximum atomic E-state index is 12.3. The van der Waals surface area contributed by atoms with E-state index in [0.29, 0.717) is 13.1 Å². The highest BCUT2D eigenvalue weighted by molar-refractivity contribution is 5.97. The summed E-state index contributed by atoms with van der Waals surface area (Å²) in [5.41, 5.74) is 6.33. The molecule has 0 aliphatic carbocycles. The normalized spacial score (nSPS) is 11.0. The standard InChI is InChI=1S/C28H28N2O2/c1-3-21-10-12-23(13-11-21)19-30-26-17-20(2)9-14-24(26)25(27(30)28(31)32)18-29-16-15-22-7-5-4-6-8-22/h3-14,17,29H,1,15-16,18-19H2,2H3,(H,31,32)/p-1. The summed E-state index contributed by atoms with van der Waals surface area (Å²) in [5, 5.41) is 16.6. The van der Waals surface area contributed by atoms with Gasteiger partial charge >= 0.3 is 0 Å². The molecule has 0 spiro atoms. The van der Waals surface area contributed by atoms with Crippen molar-refractivity contribution in [1.29, 1.82) is 0 Å². The largest absolute Gasteiger partial charge is 0.543 e. The SMILES string of the molecule is C=Cc1ccc(Cn2c(C(=O)[O-])c(CNCCc3ccccc3)c3ccc(C)cc32)cc1. The third-order valence-corrected chi connectivity index (χ3v) is 5.81. The molecule has 32 heavy (non-hydrogen) atoms. The topological polar surface area (TPSA) is 57.1 Å². The van der Waals surface area contributed by atoms with E-state index in [0.717, 1.165) is 46.1 Å². The van der Waals surface area contributed by atoms with Crippen molar-refractivity contribution in [2.75, 3.05) is 6.54 Å². The molecule has 1 aromatic heterocycles. The first-order valence-electron chi connectivity index (χ1n) is 10.9. The number of carbonyl (C=O) groups excluding carboxylic acids is 1. The Hall–Kier alpha value is -3.63. The minimum absolute atomic E-state index is 0.241. The Bertz CT molecular complexity index is 1240. The molecule has 0 saturated heterocycles. The maximum Gasteiger partial charge on any atom is 0.0884 e. The highest BCUT2D eigenvalue weighted by Crippen LogP contribution is 2.28. The number of benzene rings is 3. The van der Waals surface area contributed by atoms with Gasteiger partial charge in [0.25, 0.3) is 0 Å². The van der Waals surface area contributed by atoms with E-state index in [2.05, 4.69) is 24.0 Å². The summed E-state index contributed by atoms with van der Waals surface area (Å²) < 4.78 is 1.87. The lowest BCUT2D eigenvalue weighted by atomic mass is 10.1. The molecule has 0 aliphatic heterocycles. The number of carboxylic acid groups (broad SMARTS) is 1. The van der Waals surface area contributed by atoms with Crippen molar-refractivity contribution in [1.82, 2.24) is 9.88 Å². The fraction of sp³-hybridized carbons (Fsp3) is 0.179. The number of hydrogen-bond donors (Lipinski definition) is 1. The fourth-order valence-electron chi connectivity index (χ4n) is 4.14. The van der Waals surface area contributed by atoms with Gasteiger partial charge in [-0.2, -0.15) is 0 Å². The van der Waals surface area contributed by atoms with Crippen molar-refractivity contribution < 1.29 is 9.90 Å². The number of hydrogen-bond acceptors (Lipinski definition) is 3. The monoisotopic (exact) mass is 423 g/mol. The van der Waals surface area contributed by atoms with Crippen LogP contribution in [0.3, 0.4) is 0 Å². The molecule has 0 unspecified atom stereocenters. The molecule has 0 radical (unpaired) electrons. The number of fused-ring (bicyclic) bond motifs is 1. The number of carbonyl (C=O) groups is 1.